The lowest BCUT2D eigenvalue weighted by molar-refractivity contribution is -0.146. The van der Waals surface area contributed by atoms with Crippen LogP contribution in [0.4, 0.5) is 5.69 Å². The summed E-state index contributed by atoms with van der Waals surface area (Å²) < 4.78 is 0. The van der Waals surface area contributed by atoms with E-state index in [4.69, 9.17) is 5.26 Å². The van der Waals surface area contributed by atoms with E-state index in [-0.39, 0.29) is 17.7 Å². The molecule has 0 aliphatic heterocycles. The number of aryl methyl sites for hydroxylation is 1. The number of aliphatic carboxylic acids is 1. The molecule has 0 spiro atoms. The average molecular weight is 328 g/mol. The Morgan fingerprint density at radius 1 is 1.30 bits per heavy atom. The van der Waals surface area contributed by atoms with Crippen molar-refractivity contribution < 1.29 is 14.7 Å². The maximum Gasteiger partial charge on any atom is 0.307 e. The van der Waals surface area contributed by atoms with Crippen LogP contribution in [0.25, 0.3) is 0 Å². The number of allylic oxidation sites excluding steroid dienone is 2. The summed E-state index contributed by atoms with van der Waals surface area (Å²) in [7, 11) is 0. The molecule has 2 aliphatic carbocycles. The molecule has 1 aromatic carbocycles. The number of thiocyanates is 1. The maximum absolute atomic E-state index is 12.6. The molecule has 0 aromatic heterocycles. The molecule has 1 aromatic rings. The predicted molar refractivity (Wildman–Crippen MR) is 86.6 cm³/mol. The van der Waals surface area contributed by atoms with Crippen LogP contribution in [0.1, 0.15) is 12.0 Å². The van der Waals surface area contributed by atoms with E-state index in [0.29, 0.717) is 5.69 Å². The molecule has 5 nitrogen and oxygen atoms in total. The molecule has 0 saturated heterocycles. The number of hydrogen-bond acceptors (Lipinski definition) is 4. The zero-order valence-electron chi connectivity index (χ0n) is 12.5. The predicted octanol–water partition coefficient (Wildman–Crippen LogP) is 3.03. The molecule has 23 heavy (non-hydrogen) atoms. The van der Waals surface area contributed by atoms with Crippen molar-refractivity contribution in [3.8, 4) is 5.40 Å². The van der Waals surface area contributed by atoms with Crippen LogP contribution in [-0.2, 0) is 9.59 Å². The number of carboxylic acids is 1. The standard InChI is InChI=1S/C17H16N2O3S/c1-9-6-12(23-8-18)4-5-13(9)19-16(20)14-10-2-3-11(7-10)15(14)17(21)22/h2-6,10-11,14-15H,7H2,1H3,(H,19,20)(H,21,22). The van der Waals surface area contributed by atoms with Gasteiger partial charge in [0.15, 0.2) is 0 Å². The van der Waals surface area contributed by atoms with Gasteiger partial charge >= 0.3 is 5.97 Å². The van der Waals surface area contributed by atoms with Crippen LogP contribution in [0.2, 0.25) is 0 Å². The van der Waals surface area contributed by atoms with E-state index in [1.807, 2.05) is 30.5 Å². The van der Waals surface area contributed by atoms with E-state index in [1.165, 1.54) is 0 Å². The summed E-state index contributed by atoms with van der Waals surface area (Å²) in [5.41, 5.74) is 1.51. The highest BCUT2D eigenvalue weighted by Crippen LogP contribution is 2.48. The van der Waals surface area contributed by atoms with Gasteiger partial charge in [-0.05, 0) is 60.7 Å². The largest absolute Gasteiger partial charge is 0.481 e. The van der Waals surface area contributed by atoms with Crippen molar-refractivity contribution in [3.63, 3.8) is 0 Å². The number of fused-ring (bicyclic) bond motifs is 2. The third-order valence-corrected chi connectivity index (χ3v) is 5.25. The number of nitrogens with one attached hydrogen (secondary N) is 1. The van der Waals surface area contributed by atoms with Crippen molar-refractivity contribution in [1.29, 1.82) is 5.26 Å². The number of carbonyl (C=O) groups is 2. The molecule has 2 bridgehead atoms. The Morgan fingerprint density at radius 2 is 2.00 bits per heavy atom. The Labute approximate surface area is 138 Å². The maximum atomic E-state index is 12.6. The summed E-state index contributed by atoms with van der Waals surface area (Å²) in [6.45, 7) is 1.85. The minimum Gasteiger partial charge on any atom is -0.481 e. The van der Waals surface area contributed by atoms with Gasteiger partial charge in [0, 0.05) is 10.6 Å². The summed E-state index contributed by atoms with van der Waals surface area (Å²) in [6.07, 6.45) is 4.63. The lowest BCUT2D eigenvalue weighted by Crippen LogP contribution is -2.36. The third-order valence-electron chi connectivity index (χ3n) is 4.67. The van der Waals surface area contributed by atoms with Gasteiger partial charge in [-0.15, -0.1) is 0 Å². The summed E-state index contributed by atoms with van der Waals surface area (Å²) in [6, 6.07) is 5.36. The lowest BCUT2D eigenvalue weighted by atomic mass is 9.82. The number of nitriles is 1. The number of rotatable bonds is 4. The van der Waals surface area contributed by atoms with Crippen LogP contribution >= 0.6 is 11.8 Å². The van der Waals surface area contributed by atoms with Crippen LogP contribution in [0, 0.1) is 41.3 Å². The molecule has 6 heteroatoms. The Morgan fingerprint density at radius 3 is 2.61 bits per heavy atom. The highest BCUT2D eigenvalue weighted by Gasteiger charge is 2.51. The first-order valence-corrected chi connectivity index (χ1v) is 8.21. The first-order chi connectivity index (χ1) is 11.0. The topological polar surface area (TPSA) is 90.2 Å². The van der Waals surface area contributed by atoms with Gasteiger partial charge in [-0.2, -0.15) is 5.26 Å². The molecular formula is C17H16N2O3S. The van der Waals surface area contributed by atoms with Gasteiger partial charge in [0.1, 0.15) is 5.40 Å². The fraction of sp³-hybridized carbons (Fsp3) is 0.353. The van der Waals surface area contributed by atoms with E-state index < -0.39 is 17.8 Å². The molecule has 2 aliphatic rings. The smallest absolute Gasteiger partial charge is 0.307 e. The van der Waals surface area contributed by atoms with E-state index in [2.05, 4.69) is 5.32 Å². The summed E-state index contributed by atoms with van der Waals surface area (Å²) in [5, 5.41) is 23.0. The molecule has 1 fully saturated rings. The molecule has 4 atom stereocenters. The van der Waals surface area contributed by atoms with Gasteiger partial charge in [-0.3, -0.25) is 9.59 Å². The van der Waals surface area contributed by atoms with Crippen molar-refractivity contribution >= 4 is 29.3 Å². The van der Waals surface area contributed by atoms with E-state index >= 15 is 0 Å². The molecule has 1 amide bonds. The Hall–Kier alpha value is -2.26. The molecule has 4 unspecified atom stereocenters. The van der Waals surface area contributed by atoms with Crippen LogP contribution in [0.3, 0.4) is 0 Å². The second-order valence-electron chi connectivity index (χ2n) is 6.00. The van der Waals surface area contributed by atoms with Gasteiger partial charge in [0.2, 0.25) is 5.91 Å². The Bertz CT molecular complexity index is 738. The number of thioether (sulfide) groups is 1. The van der Waals surface area contributed by atoms with Crippen LogP contribution in [0.15, 0.2) is 35.2 Å². The minimum absolute atomic E-state index is 0.00910. The van der Waals surface area contributed by atoms with Crippen molar-refractivity contribution in [1.82, 2.24) is 0 Å². The fourth-order valence-corrected chi connectivity index (χ4v) is 4.10. The quantitative estimate of drug-likeness (QED) is 0.504. The molecular weight excluding hydrogens is 312 g/mol. The summed E-state index contributed by atoms with van der Waals surface area (Å²) in [4.78, 5) is 24.9. The summed E-state index contributed by atoms with van der Waals surface area (Å²) in [5.74, 6) is -2.33. The van der Waals surface area contributed by atoms with Gasteiger partial charge in [0.05, 0.1) is 11.8 Å². The van der Waals surface area contributed by atoms with Gasteiger partial charge in [-0.25, -0.2) is 0 Å². The Kier molecular flexibility index (Phi) is 4.14. The number of amides is 1. The van der Waals surface area contributed by atoms with Crippen molar-refractivity contribution in [2.24, 2.45) is 23.7 Å². The van der Waals surface area contributed by atoms with E-state index in [0.717, 1.165) is 28.6 Å². The van der Waals surface area contributed by atoms with Gasteiger partial charge in [0.25, 0.3) is 0 Å². The zero-order chi connectivity index (χ0) is 16.6. The first kappa shape index (κ1) is 15.6. The van der Waals surface area contributed by atoms with Crippen molar-refractivity contribution in [2.75, 3.05) is 5.32 Å². The molecule has 1 saturated carbocycles. The molecule has 3 rings (SSSR count). The fourth-order valence-electron chi connectivity index (χ4n) is 3.63. The molecule has 118 valence electrons. The van der Waals surface area contributed by atoms with E-state index in [1.54, 1.807) is 12.1 Å². The number of carbonyl (C=O) groups excluding carboxylic acids is 1. The number of anilines is 1. The normalized spacial score (nSPS) is 27.7. The second-order valence-corrected chi connectivity index (χ2v) is 6.86. The summed E-state index contributed by atoms with van der Waals surface area (Å²) >= 11 is 1.06. The lowest BCUT2D eigenvalue weighted by Gasteiger charge is -2.24. The minimum atomic E-state index is -0.903. The highest BCUT2D eigenvalue weighted by molar-refractivity contribution is 8.03. The number of benzene rings is 1. The Balaban J connectivity index is 1.78. The number of hydrogen-bond donors (Lipinski definition) is 2. The monoisotopic (exact) mass is 328 g/mol. The van der Waals surface area contributed by atoms with Crippen LogP contribution in [0.5, 0.6) is 0 Å². The molecule has 0 radical (unpaired) electrons. The third kappa shape index (κ3) is 2.84. The SMILES string of the molecule is Cc1cc(SC#N)ccc1NC(=O)C1C2C=CC(C2)C1C(=O)O. The average Bonchev–Trinajstić information content (AvgIpc) is 3.11. The number of carboxylic acid groups (broad SMARTS) is 1. The second kappa shape index (κ2) is 6.09. The van der Waals surface area contributed by atoms with Crippen LogP contribution in [-0.4, -0.2) is 17.0 Å². The van der Waals surface area contributed by atoms with Crippen molar-refractivity contribution in [2.45, 2.75) is 18.2 Å². The number of nitrogens with zero attached hydrogens (tertiary/aromatic N) is 1. The first-order valence-electron chi connectivity index (χ1n) is 7.40. The molecule has 0 heterocycles. The highest BCUT2D eigenvalue weighted by atomic mass is 32.2. The molecule has 2 N–H and O–H groups in total. The van der Waals surface area contributed by atoms with E-state index in [9.17, 15) is 14.7 Å². The zero-order valence-corrected chi connectivity index (χ0v) is 13.3. The van der Waals surface area contributed by atoms with Gasteiger partial charge in [-0.1, -0.05) is 12.2 Å². The van der Waals surface area contributed by atoms with Gasteiger partial charge < -0.3 is 10.4 Å². The van der Waals surface area contributed by atoms with Crippen molar-refractivity contribution in [3.05, 3.63) is 35.9 Å². The van der Waals surface area contributed by atoms with Crippen LogP contribution < -0.4 is 5.32 Å².